The summed E-state index contributed by atoms with van der Waals surface area (Å²) in [6, 6.07) is 10.3. The standard InChI is InChI=1S/C20H21N3O6/c1-25-14-9-8-12(10-16(14)27-3)19-22-17(29-23-19)11-21-20(24)13-6-5-7-15(26-2)18(13)28-4/h5-10H,11H2,1-4H3,(H,21,24). The second kappa shape index (κ2) is 8.96. The Bertz CT molecular complexity index is 1000. The molecule has 0 aliphatic heterocycles. The number of nitrogens with one attached hydrogen (secondary N) is 1. The predicted molar refractivity (Wildman–Crippen MR) is 104 cm³/mol. The van der Waals surface area contributed by atoms with E-state index >= 15 is 0 Å². The Morgan fingerprint density at radius 3 is 2.41 bits per heavy atom. The molecule has 29 heavy (non-hydrogen) atoms. The van der Waals surface area contributed by atoms with Gasteiger partial charge in [0.1, 0.15) is 0 Å². The van der Waals surface area contributed by atoms with Crippen LogP contribution in [0.15, 0.2) is 40.9 Å². The van der Waals surface area contributed by atoms with E-state index in [2.05, 4.69) is 15.5 Å². The van der Waals surface area contributed by atoms with Gasteiger partial charge in [-0.25, -0.2) is 0 Å². The molecular formula is C20H21N3O6. The van der Waals surface area contributed by atoms with Crippen molar-refractivity contribution < 1.29 is 28.3 Å². The highest BCUT2D eigenvalue weighted by atomic mass is 16.5. The zero-order valence-electron chi connectivity index (χ0n) is 16.5. The average molecular weight is 399 g/mol. The topological polar surface area (TPSA) is 105 Å². The highest BCUT2D eigenvalue weighted by molar-refractivity contribution is 5.97. The lowest BCUT2D eigenvalue weighted by molar-refractivity contribution is 0.0942. The number of amides is 1. The second-order valence-electron chi connectivity index (χ2n) is 5.81. The van der Waals surface area contributed by atoms with E-state index in [4.69, 9.17) is 23.5 Å². The van der Waals surface area contributed by atoms with Gasteiger partial charge >= 0.3 is 0 Å². The maximum atomic E-state index is 12.5. The Balaban J connectivity index is 1.72. The lowest BCUT2D eigenvalue weighted by Crippen LogP contribution is -2.23. The first-order valence-electron chi connectivity index (χ1n) is 8.65. The van der Waals surface area contributed by atoms with Gasteiger partial charge < -0.3 is 28.8 Å². The van der Waals surface area contributed by atoms with Crippen molar-refractivity contribution in [3.05, 3.63) is 47.9 Å². The summed E-state index contributed by atoms with van der Waals surface area (Å²) >= 11 is 0. The molecule has 3 aromatic rings. The predicted octanol–water partition coefficient (Wildman–Crippen LogP) is 2.70. The van der Waals surface area contributed by atoms with Crippen LogP contribution in [-0.2, 0) is 6.54 Å². The normalized spacial score (nSPS) is 10.3. The maximum absolute atomic E-state index is 12.5. The van der Waals surface area contributed by atoms with E-state index in [0.717, 1.165) is 0 Å². The molecule has 152 valence electrons. The molecule has 1 N–H and O–H groups in total. The number of carbonyl (C=O) groups excluding carboxylic acids is 1. The SMILES string of the molecule is COc1ccc(-c2noc(CNC(=O)c3cccc(OC)c3OC)n2)cc1OC. The molecule has 1 aromatic heterocycles. The second-order valence-corrected chi connectivity index (χ2v) is 5.81. The van der Waals surface area contributed by atoms with Gasteiger partial charge in [0.05, 0.1) is 40.5 Å². The van der Waals surface area contributed by atoms with Gasteiger partial charge in [0, 0.05) is 5.56 Å². The molecule has 0 radical (unpaired) electrons. The fraction of sp³-hybridized carbons (Fsp3) is 0.250. The van der Waals surface area contributed by atoms with Gasteiger partial charge in [-0.1, -0.05) is 11.2 Å². The number of hydrogen-bond acceptors (Lipinski definition) is 8. The zero-order valence-corrected chi connectivity index (χ0v) is 16.5. The smallest absolute Gasteiger partial charge is 0.255 e. The van der Waals surface area contributed by atoms with Gasteiger partial charge in [0.2, 0.25) is 11.7 Å². The molecule has 0 unspecified atom stereocenters. The molecule has 2 aromatic carbocycles. The van der Waals surface area contributed by atoms with E-state index < -0.39 is 0 Å². The van der Waals surface area contributed by atoms with Crippen molar-refractivity contribution in [2.24, 2.45) is 0 Å². The van der Waals surface area contributed by atoms with E-state index in [1.807, 2.05) is 0 Å². The minimum Gasteiger partial charge on any atom is -0.493 e. The molecule has 0 saturated carbocycles. The minimum atomic E-state index is -0.355. The van der Waals surface area contributed by atoms with Crippen LogP contribution in [0.2, 0.25) is 0 Å². The first-order valence-corrected chi connectivity index (χ1v) is 8.65. The summed E-state index contributed by atoms with van der Waals surface area (Å²) in [5.74, 6) is 2.23. The Morgan fingerprint density at radius 2 is 1.72 bits per heavy atom. The fourth-order valence-electron chi connectivity index (χ4n) is 2.74. The molecule has 0 aliphatic rings. The summed E-state index contributed by atoms with van der Waals surface area (Å²) in [6.45, 7) is 0.0550. The van der Waals surface area contributed by atoms with Crippen LogP contribution in [0.1, 0.15) is 16.2 Å². The molecule has 9 nitrogen and oxygen atoms in total. The highest BCUT2D eigenvalue weighted by Crippen LogP contribution is 2.32. The van der Waals surface area contributed by atoms with Gasteiger partial charge in [-0.05, 0) is 30.3 Å². The van der Waals surface area contributed by atoms with E-state index in [0.29, 0.717) is 39.9 Å². The van der Waals surface area contributed by atoms with Crippen LogP contribution < -0.4 is 24.3 Å². The monoisotopic (exact) mass is 399 g/mol. The Kier molecular flexibility index (Phi) is 6.18. The van der Waals surface area contributed by atoms with Crippen molar-refractivity contribution in [3.8, 4) is 34.4 Å². The number of methoxy groups -OCH3 is 4. The molecule has 0 spiro atoms. The van der Waals surface area contributed by atoms with Gasteiger partial charge in [-0.2, -0.15) is 4.98 Å². The molecule has 0 aliphatic carbocycles. The molecule has 0 saturated heterocycles. The molecule has 1 heterocycles. The van der Waals surface area contributed by atoms with Gasteiger partial charge in [-0.15, -0.1) is 0 Å². The number of nitrogens with zero attached hydrogens (tertiary/aromatic N) is 2. The summed E-state index contributed by atoms with van der Waals surface area (Å²) in [5.41, 5.74) is 1.03. The van der Waals surface area contributed by atoms with E-state index in [-0.39, 0.29) is 18.3 Å². The van der Waals surface area contributed by atoms with Crippen molar-refractivity contribution in [1.82, 2.24) is 15.5 Å². The maximum Gasteiger partial charge on any atom is 0.255 e. The summed E-state index contributed by atoms with van der Waals surface area (Å²) in [7, 11) is 6.09. The lowest BCUT2D eigenvalue weighted by Gasteiger charge is -2.11. The number of para-hydroxylation sites is 1. The Morgan fingerprint density at radius 1 is 0.966 bits per heavy atom. The lowest BCUT2D eigenvalue weighted by atomic mass is 10.1. The van der Waals surface area contributed by atoms with Crippen molar-refractivity contribution in [1.29, 1.82) is 0 Å². The third kappa shape index (κ3) is 4.23. The van der Waals surface area contributed by atoms with Crippen LogP contribution in [0.5, 0.6) is 23.0 Å². The van der Waals surface area contributed by atoms with Crippen LogP contribution >= 0.6 is 0 Å². The van der Waals surface area contributed by atoms with E-state index in [1.165, 1.54) is 14.2 Å². The van der Waals surface area contributed by atoms with Crippen LogP contribution in [0, 0.1) is 0 Å². The molecule has 0 bridgehead atoms. The summed E-state index contributed by atoms with van der Waals surface area (Å²) in [5, 5.41) is 6.68. The van der Waals surface area contributed by atoms with Gasteiger partial charge in [0.15, 0.2) is 23.0 Å². The van der Waals surface area contributed by atoms with Crippen molar-refractivity contribution >= 4 is 5.91 Å². The van der Waals surface area contributed by atoms with E-state index in [9.17, 15) is 4.79 Å². The number of hydrogen-bond donors (Lipinski definition) is 1. The van der Waals surface area contributed by atoms with Gasteiger partial charge in [-0.3, -0.25) is 4.79 Å². The van der Waals surface area contributed by atoms with Crippen molar-refractivity contribution in [2.45, 2.75) is 6.54 Å². The number of ether oxygens (including phenoxy) is 4. The number of benzene rings is 2. The Labute approximate surface area is 167 Å². The molecule has 9 heteroatoms. The molecule has 0 fully saturated rings. The van der Waals surface area contributed by atoms with Crippen molar-refractivity contribution in [2.75, 3.05) is 28.4 Å². The quantitative estimate of drug-likeness (QED) is 0.616. The first-order chi connectivity index (χ1) is 14.1. The largest absolute Gasteiger partial charge is 0.493 e. The summed E-state index contributed by atoms with van der Waals surface area (Å²) in [6.07, 6.45) is 0. The number of rotatable bonds is 8. The molecular weight excluding hydrogens is 378 g/mol. The molecule has 1 amide bonds. The van der Waals surface area contributed by atoms with Crippen LogP contribution in [0.3, 0.4) is 0 Å². The summed E-state index contributed by atoms with van der Waals surface area (Å²) < 4.78 is 26.2. The fourth-order valence-corrected chi connectivity index (χ4v) is 2.74. The van der Waals surface area contributed by atoms with Crippen LogP contribution in [0.4, 0.5) is 0 Å². The first kappa shape index (κ1) is 20.0. The third-order valence-corrected chi connectivity index (χ3v) is 4.16. The summed E-state index contributed by atoms with van der Waals surface area (Å²) in [4.78, 5) is 16.8. The van der Waals surface area contributed by atoms with Gasteiger partial charge in [0.25, 0.3) is 5.91 Å². The zero-order chi connectivity index (χ0) is 20.8. The average Bonchev–Trinajstić information content (AvgIpc) is 3.25. The van der Waals surface area contributed by atoms with Crippen LogP contribution in [-0.4, -0.2) is 44.5 Å². The number of carbonyl (C=O) groups is 1. The molecule has 3 rings (SSSR count). The van der Waals surface area contributed by atoms with Crippen LogP contribution in [0.25, 0.3) is 11.4 Å². The number of aromatic nitrogens is 2. The highest BCUT2D eigenvalue weighted by Gasteiger charge is 2.18. The molecule has 0 atom stereocenters. The van der Waals surface area contributed by atoms with E-state index in [1.54, 1.807) is 50.6 Å². The Hall–Kier alpha value is -3.75. The minimum absolute atomic E-state index is 0.0550. The third-order valence-electron chi connectivity index (χ3n) is 4.16. The van der Waals surface area contributed by atoms with Crippen molar-refractivity contribution in [3.63, 3.8) is 0 Å².